The summed E-state index contributed by atoms with van der Waals surface area (Å²) in [7, 11) is -9.91. The van der Waals surface area contributed by atoms with Crippen molar-refractivity contribution in [2.24, 2.45) is 11.8 Å². The zero-order valence-electron chi connectivity index (χ0n) is 60.6. The van der Waals surface area contributed by atoms with Crippen molar-refractivity contribution < 1.29 is 80.2 Å². The molecule has 0 heterocycles. The zero-order valence-corrected chi connectivity index (χ0v) is 62.3. The first-order chi connectivity index (χ1) is 44.9. The SMILES string of the molecule is CCCCCCCCCCCCCCCCCCCCCC(=O)O[C@H](COC(=O)CCCCCCCCCCCCCCC)COP(=O)(O)OC[C@@H](O)COP(=O)(O)OC[C@@H](COC(=O)CCCCCCCCCC(C)C)OC(=O)CCCCCCCCCCC(C)C. The van der Waals surface area contributed by atoms with Gasteiger partial charge in [-0.3, -0.25) is 37.3 Å². The average molecular weight is 1370 g/mol. The van der Waals surface area contributed by atoms with E-state index < -0.39 is 97.5 Å². The van der Waals surface area contributed by atoms with Crippen LogP contribution in [0.2, 0.25) is 0 Å². The Morgan fingerprint density at radius 2 is 0.495 bits per heavy atom. The van der Waals surface area contributed by atoms with Crippen molar-refractivity contribution in [1.29, 1.82) is 0 Å². The van der Waals surface area contributed by atoms with Gasteiger partial charge in [0.25, 0.3) is 0 Å². The molecule has 5 atom stereocenters. The number of ether oxygens (including phenoxy) is 4. The minimum atomic E-state index is -4.95. The van der Waals surface area contributed by atoms with Crippen molar-refractivity contribution in [2.45, 2.75) is 400 Å². The number of carbonyl (C=O) groups is 4. The average Bonchev–Trinajstić information content (AvgIpc) is 1.89. The largest absolute Gasteiger partial charge is 0.472 e. The van der Waals surface area contributed by atoms with Crippen LogP contribution in [0.1, 0.15) is 382 Å². The Bertz CT molecular complexity index is 1800. The summed E-state index contributed by atoms with van der Waals surface area (Å²) in [6.07, 6.45) is 52.9. The topological polar surface area (TPSA) is 237 Å². The number of unbranched alkanes of at least 4 members (excludes halogenated alkanes) is 43. The van der Waals surface area contributed by atoms with E-state index in [0.717, 1.165) is 102 Å². The van der Waals surface area contributed by atoms with Crippen LogP contribution in [0.5, 0.6) is 0 Å². The molecule has 0 fully saturated rings. The van der Waals surface area contributed by atoms with Gasteiger partial charge in [0.1, 0.15) is 19.3 Å². The third-order valence-corrected chi connectivity index (χ3v) is 19.1. The molecule has 0 spiro atoms. The van der Waals surface area contributed by atoms with Gasteiger partial charge in [0.05, 0.1) is 26.4 Å². The number of hydrogen-bond acceptors (Lipinski definition) is 15. The number of carbonyl (C=O) groups excluding carboxylic acids is 4. The first-order valence-electron chi connectivity index (χ1n) is 38.5. The second kappa shape index (κ2) is 66.0. The van der Waals surface area contributed by atoms with Gasteiger partial charge in [-0.05, 0) is 37.5 Å². The molecule has 0 aliphatic heterocycles. The van der Waals surface area contributed by atoms with Crippen LogP contribution in [0.3, 0.4) is 0 Å². The van der Waals surface area contributed by atoms with Gasteiger partial charge in [-0.1, -0.05) is 330 Å². The summed E-state index contributed by atoms with van der Waals surface area (Å²) in [4.78, 5) is 72.7. The van der Waals surface area contributed by atoms with Crippen molar-refractivity contribution in [3.05, 3.63) is 0 Å². The van der Waals surface area contributed by atoms with E-state index in [9.17, 15) is 43.2 Å². The van der Waals surface area contributed by atoms with Gasteiger partial charge < -0.3 is 33.8 Å². The molecule has 0 aliphatic rings. The molecule has 0 bridgehead atoms. The lowest BCUT2D eigenvalue weighted by Gasteiger charge is -2.21. The maximum atomic E-state index is 13.1. The molecular formula is C74H144O17P2. The molecule has 0 aromatic heterocycles. The van der Waals surface area contributed by atoms with Gasteiger partial charge in [0.2, 0.25) is 0 Å². The molecule has 0 rings (SSSR count). The lowest BCUT2D eigenvalue weighted by Crippen LogP contribution is -2.30. The van der Waals surface area contributed by atoms with E-state index in [1.54, 1.807) is 0 Å². The molecule has 0 saturated heterocycles. The molecule has 17 nitrogen and oxygen atoms in total. The second-order valence-corrected chi connectivity index (χ2v) is 30.5. The number of phosphoric ester groups is 2. The van der Waals surface area contributed by atoms with Crippen LogP contribution in [0.4, 0.5) is 0 Å². The minimum absolute atomic E-state index is 0.104. The van der Waals surface area contributed by atoms with Crippen LogP contribution < -0.4 is 0 Å². The first kappa shape index (κ1) is 91.1. The van der Waals surface area contributed by atoms with E-state index in [1.807, 2.05) is 0 Å². The predicted octanol–water partition coefficient (Wildman–Crippen LogP) is 21.6. The van der Waals surface area contributed by atoms with Crippen molar-refractivity contribution in [3.8, 4) is 0 Å². The Labute approximate surface area is 568 Å². The summed E-state index contributed by atoms with van der Waals surface area (Å²) < 4.78 is 68.4. The highest BCUT2D eigenvalue weighted by molar-refractivity contribution is 7.47. The molecule has 0 aromatic carbocycles. The number of aliphatic hydroxyl groups excluding tert-OH is 1. The van der Waals surface area contributed by atoms with Gasteiger partial charge in [0.15, 0.2) is 12.2 Å². The Hall–Kier alpha value is -1.94. The Kier molecular flexibility index (Phi) is 64.6. The Morgan fingerprint density at radius 1 is 0.290 bits per heavy atom. The third kappa shape index (κ3) is 68.4. The fraction of sp³-hybridized carbons (Fsp3) is 0.946. The second-order valence-electron chi connectivity index (χ2n) is 27.6. The Morgan fingerprint density at radius 3 is 0.731 bits per heavy atom. The van der Waals surface area contributed by atoms with Gasteiger partial charge in [-0.25, -0.2) is 9.13 Å². The van der Waals surface area contributed by atoms with E-state index in [0.29, 0.717) is 31.6 Å². The van der Waals surface area contributed by atoms with Gasteiger partial charge >= 0.3 is 39.5 Å². The van der Waals surface area contributed by atoms with E-state index in [-0.39, 0.29) is 25.7 Å². The number of esters is 4. The maximum Gasteiger partial charge on any atom is 0.472 e. The number of phosphoric acid groups is 2. The molecule has 552 valence electrons. The molecular weight excluding hydrogens is 1220 g/mol. The minimum Gasteiger partial charge on any atom is -0.462 e. The van der Waals surface area contributed by atoms with Gasteiger partial charge in [-0.2, -0.15) is 0 Å². The summed E-state index contributed by atoms with van der Waals surface area (Å²) in [6.45, 7) is 9.48. The quantitative estimate of drug-likeness (QED) is 0.0222. The standard InChI is InChI=1S/C74H144O17P2/c1-7-9-11-13-15-17-19-21-22-23-24-25-26-28-30-32-39-46-52-58-73(78)90-69(62-84-71(76)56-50-44-38-31-29-27-20-18-16-14-12-10-8-2)64-88-92(80,81)86-60-68(75)61-87-93(82,83)89-65-70(63-85-72(77)57-51-45-41-35-37-43-49-55-67(5)6)91-74(79)59-53-47-40-34-33-36-42-48-54-66(3)4/h66-70,75H,7-65H2,1-6H3,(H,80,81)(H,82,83)/t68-,69-,70-/m1/s1. The lowest BCUT2D eigenvalue weighted by molar-refractivity contribution is -0.161. The molecule has 0 amide bonds. The van der Waals surface area contributed by atoms with E-state index >= 15 is 0 Å². The lowest BCUT2D eigenvalue weighted by atomic mass is 10.0. The zero-order chi connectivity index (χ0) is 68.6. The maximum absolute atomic E-state index is 13.1. The molecule has 0 aromatic rings. The van der Waals surface area contributed by atoms with Crippen LogP contribution in [0.25, 0.3) is 0 Å². The summed E-state index contributed by atoms with van der Waals surface area (Å²) in [5, 5.41) is 10.6. The fourth-order valence-electron chi connectivity index (χ4n) is 11.3. The molecule has 0 radical (unpaired) electrons. The van der Waals surface area contributed by atoms with Crippen molar-refractivity contribution >= 4 is 39.5 Å². The highest BCUT2D eigenvalue weighted by atomic mass is 31.2. The van der Waals surface area contributed by atoms with Gasteiger partial charge in [-0.15, -0.1) is 0 Å². The Balaban J connectivity index is 5.22. The summed E-state index contributed by atoms with van der Waals surface area (Å²) in [5.41, 5.74) is 0. The summed E-state index contributed by atoms with van der Waals surface area (Å²) >= 11 is 0. The molecule has 19 heteroatoms. The first-order valence-corrected chi connectivity index (χ1v) is 41.5. The number of aliphatic hydroxyl groups is 1. The summed E-state index contributed by atoms with van der Waals surface area (Å²) in [5.74, 6) is -0.697. The molecule has 0 saturated carbocycles. The number of hydrogen-bond donors (Lipinski definition) is 3. The van der Waals surface area contributed by atoms with Crippen LogP contribution in [0.15, 0.2) is 0 Å². The highest BCUT2D eigenvalue weighted by Crippen LogP contribution is 2.45. The van der Waals surface area contributed by atoms with E-state index in [1.165, 1.54) is 193 Å². The van der Waals surface area contributed by atoms with Crippen molar-refractivity contribution in [1.82, 2.24) is 0 Å². The van der Waals surface area contributed by atoms with Crippen LogP contribution >= 0.6 is 15.6 Å². The van der Waals surface area contributed by atoms with Crippen molar-refractivity contribution in [2.75, 3.05) is 39.6 Å². The van der Waals surface area contributed by atoms with Crippen LogP contribution in [0, 0.1) is 11.8 Å². The molecule has 0 aliphatic carbocycles. The van der Waals surface area contributed by atoms with Crippen LogP contribution in [-0.2, 0) is 65.4 Å². The number of rotatable bonds is 73. The molecule has 93 heavy (non-hydrogen) atoms. The van der Waals surface area contributed by atoms with Crippen molar-refractivity contribution in [3.63, 3.8) is 0 Å². The highest BCUT2D eigenvalue weighted by Gasteiger charge is 2.30. The molecule has 3 N–H and O–H groups in total. The van der Waals surface area contributed by atoms with E-state index in [2.05, 4.69) is 41.5 Å². The fourth-order valence-corrected chi connectivity index (χ4v) is 12.9. The third-order valence-electron chi connectivity index (χ3n) is 17.2. The van der Waals surface area contributed by atoms with E-state index in [4.69, 9.17) is 37.0 Å². The van der Waals surface area contributed by atoms with Gasteiger partial charge in [0, 0.05) is 25.7 Å². The monoisotopic (exact) mass is 1370 g/mol. The molecule has 2 unspecified atom stereocenters. The predicted molar refractivity (Wildman–Crippen MR) is 377 cm³/mol. The normalized spacial score (nSPS) is 14.1. The summed E-state index contributed by atoms with van der Waals surface area (Å²) in [6, 6.07) is 0. The smallest absolute Gasteiger partial charge is 0.462 e. The van der Waals surface area contributed by atoms with Crippen LogP contribution in [-0.4, -0.2) is 96.7 Å².